The fraction of sp³-hybridized carbons (Fsp3) is 0.211. The van der Waals surface area contributed by atoms with Gasteiger partial charge < -0.3 is 5.32 Å². The molecule has 0 fully saturated rings. The second-order valence-electron chi connectivity index (χ2n) is 5.97. The Bertz CT molecular complexity index is 1070. The molecule has 5 nitrogen and oxygen atoms in total. The third kappa shape index (κ3) is 4.34. The average Bonchev–Trinajstić information content (AvgIpc) is 3.09. The molecule has 2 heterocycles. The van der Waals surface area contributed by atoms with Gasteiger partial charge >= 0.3 is 0 Å². The Balaban J connectivity index is 1.85. The van der Waals surface area contributed by atoms with Gasteiger partial charge in [0.05, 0.1) is 16.5 Å². The molecule has 0 aliphatic heterocycles. The zero-order valence-electron chi connectivity index (χ0n) is 14.9. The molecule has 140 valence electrons. The van der Waals surface area contributed by atoms with E-state index in [2.05, 4.69) is 32.8 Å². The van der Waals surface area contributed by atoms with Crippen molar-refractivity contribution in [1.82, 2.24) is 9.55 Å². The van der Waals surface area contributed by atoms with E-state index in [1.165, 1.54) is 23.1 Å². The largest absolute Gasteiger partial charge is 0.324 e. The van der Waals surface area contributed by atoms with Crippen LogP contribution < -0.4 is 10.9 Å². The summed E-state index contributed by atoms with van der Waals surface area (Å²) >= 11 is 6.10. The Labute approximate surface area is 173 Å². The molecule has 27 heavy (non-hydrogen) atoms. The monoisotopic (exact) mass is 463 g/mol. The molecule has 8 heteroatoms. The number of allylic oxidation sites excluding steroid dienone is 1. The number of benzene rings is 1. The number of hydrogen-bond donors (Lipinski definition) is 1. The topological polar surface area (TPSA) is 64.0 Å². The molecule has 1 amide bonds. The van der Waals surface area contributed by atoms with E-state index in [0.717, 1.165) is 10.0 Å². The molecule has 1 N–H and O–H groups in total. The van der Waals surface area contributed by atoms with Crippen LogP contribution in [0.25, 0.3) is 10.2 Å². The molecule has 0 bridgehead atoms. The molecule has 1 unspecified atom stereocenters. The van der Waals surface area contributed by atoms with Crippen molar-refractivity contribution in [1.29, 1.82) is 0 Å². The summed E-state index contributed by atoms with van der Waals surface area (Å²) in [6.07, 6.45) is 1.65. The Kier molecular flexibility index (Phi) is 6.18. The minimum atomic E-state index is -0.433. The predicted molar refractivity (Wildman–Crippen MR) is 117 cm³/mol. The third-order valence-electron chi connectivity index (χ3n) is 3.88. The minimum Gasteiger partial charge on any atom is -0.324 e. The number of carbonyl (C=O) groups is 1. The van der Waals surface area contributed by atoms with Crippen LogP contribution in [0.5, 0.6) is 0 Å². The van der Waals surface area contributed by atoms with Crippen LogP contribution in [0.2, 0.25) is 0 Å². The lowest BCUT2D eigenvalue weighted by molar-refractivity contribution is -0.115. The van der Waals surface area contributed by atoms with Gasteiger partial charge in [0.2, 0.25) is 5.91 Å². The second kappa shape index (κ2) is 8.41. The van der Waals surface area contributed by atoms with Gasteiger partial charge in [0.15, 0.2) is 5.16 Å². The molecule has 3 rings (SSSR count). The van der Waals surface area contributed by atoms with Gasteiger partial charge in [0, 0.05) is 11.0 Å². The van der Waals surface area contributed by atoms with E-state index in [0.29, 0.717) is 27.6 Å². The molecule has 0 radical (unpaired) electrons. The highest BCUT2D eigenvalue weighted by molar-refractivity contribution is 9.10. The van der Waals surface area contributed by atoms with Crippen LogP contribution in [0, 0.1) is 6.92 Å². The highest BCUT2D eigenvalue weighted by atomic mass is 79.9. The number of halogens is 1. The zero-order chi connectivity index (χ0) is 19.6. The predicted octanol–water partition coefficient (Wildman–Crippen LogP) is 4.83. The fourth-order valence-electron chi connectivity index (χ4n) is 2.47. The number of thiophene rings is 1. The summed E-state index contributed by atoms with van der Waals surface area (Å²) in [7, 11) is 0. The molecule has 1 atom stereocenters. The summed E-state index contributed by atoms with van der Waals surface area (Å²) in [4.78, 5) is 29.9. The van der Waals surface area contributed by atoms with E-state index in [1.54, 1.807) is 17.6 Å². The van der Waals surface area contributed by atoms with Crippen LogP contribution in [0.4, 0.5) is 5.69 Å². The van der Waals surface area contributed by atoms with Crippen molar-refractivity contribution >= 4 is 60.8 Å². The van der Waals surface area contributed by atoms with Gasteiger partial charge in [-0.3, -0.25) is 14.2 Å². The van der Waals surface area contributed by atoms with Crippen LogP contribution in [0.1, 0.15) is 12.5 Å². The van der Waals surface area contributed by atoms with Crippen LogP contribution in [-0.4, -0.2) is 20.7 Å². The van der Waals surface area contributed by atoms with Crippen LogP contribution in [0.3, 0.4) is 0 Å². The van der Waals surface area contributed by atoms with Gasteiger partial charge in [-0.2, -0.15) is 0 Å². The summed E-state index contributed by atoms with van der Waals surface area (Å²) in [6, 6.07) is 7.56. The number of aryl methyl sites for hydroxylation is 1. The lowest BCUT2D eigenvalue weighted by Gasteiger charge is -2.15. The quantitative estimate of drug-likeness (QED) is 0.322. The van der Waals surface area contributed by atoms with Crippen molar-refractivity contribution in [3.63, 3.8) is 0 Å². The Hall–Kier alpha value is -1.90. The summed E-state index contributed by atoms with van der Waals surface area (Å²) in [6.45, 7) is 7.84. The maximum atomic E-state index is 12.7. The highest BCUT2D eigenvalue weighted by Crippen LogP contribution is 2.27. The lowest BCUT2D eigenvalue weighted by atomic mass is 10.2. The van der Waals surface area contributed by atoms with Crippen LogP contribution in [-0.2, 0) is 11.3 Å². The van der Waals surface area contributed by atoms with Crippen molar-refractivity contribution in [3.8, 4) is 0 Å². The van der Waals surface area contributed by atoms with E-state index < -0.39 is 5.25 Å². The van der Waals surface area contributed by atoms with Crippen molar-refractivity contribution in [3.05, 3.63) is 62.7 Å². The number of anilines is 1. The molecule has 0 saturated carbocycles. The summed E-state index contributed by atoms with van der Waals surface area (Å²) in [5.41, 5.74) is 2.36. The SMILES string of the molecule is C=CCn1c(SC(C)C(=O)Nc2ccc(C)cc2Br)nc2ccsc2c1=O. The van der Waals surface area contributed by atoms with Crippen LogP contribution >= 0.6 is 39.0 Å². The van der Waals surface area contributed by atoms with E-state index >= 15 is 0 Å². The number of nitrogens with zero attached hydrogens (tertiary/aromatic N) is 2. The summed E-state index contributed by atoms with van der Waals surface area (Å²) in [5, 5.41) is 4.84. The zero-order valence-corrected chi connectivity index (χ0v) is 18.1. The van der Waals surface area contributed by atoms with E-state index in [-0.39, 0.29) is 11.5 Å². The van der Waals surface area contributed by atoms with E-state index in [1.807, 2.05) is 36.6 Å². The maximum absolute atomic E-state index is 12.7. The van der Waals surface area contributed by atoms with Crippen molar-refractivity contribution in [2.45, 2.75) is 30.8 Å². The molecular weight excluding hydrogens is 446 g/mol. The summed E-state index contributed by atoms with van der Waals surface area (Å²) < 4.78 is 3.00. The Morgan fingerprint density at radius 3 is 2.96 bits per heavy atom. The number of hydrogen-bond acceptors (Lipinski definition) is 5. The molecule has 0 spiro atoms. The smallest absolute Gasteiger partial charge is 0.272 e. The first-order valence-corrected chi connectivity index (χ1v) is 10.8. The Morgan fingerprint density at radius 1 is 1.48 bits per heavy atom. The number of nitrogens with one attached hydrogen (secondary N) is 1. The molecule has 0 aliphatic rings. The fourth-order valence-corrected chi connectivity index (χ4v) is 4.76. The first-order chi connectivity index (χ1) is 12.9. The van der Waals surface area contributed by atoms with Gasteiger partial charge in [-0.1, -0.05) is 23.9 Å². The molecule has 2 aromatic heterocycles. The second-order valence-corrected chi connectivity index (χ2v) is 9.04. The number of thioether (sulfide) groups is 1. The molecular formula is C19H18BrN3O2S2. The van der Waals surface area contributed by atoms with Crippen molar-refractivity contribution in [2.75, 3.05) is 5.32 Å². The number of carbonyl (C=O) groups excluding carboxylic acids is 1. The maximum Gasteiger partial charge on any atom is 0.272 e. The first kappa shape index (κ1) is 19.9. The van der Waals surface area contributed by atoms with Gasteiger partial charge in [-0.15, -0.1) is 17.9 Å². The number of amides is 1. The Morgan fingerprint density at radius 2 is 2.26 bits per heavy atom. The summed E-state index contributed by atoms with van der Waals surface area (Å²) in [5.74, 6) is -0.158. The minimum absolute atomic E-state index is 0.105. The van der Waals surface area contributed by atoms with Gasteiger partial charge in [0.1, 0.15) is 4.70 Å². The van der Waals surface area contributed by atoms with Crippen LogP contribution in [0.15, 0.2) is 56.7 Å². The third-order valence-corrected chi connectivity index (χ3v) is 6.51. The van der Waals surface area contributed by atoms with Crippen molar-refractivity contribution < 1.29 is 4.79 Å². The number of rotatable bonds is 6. The van der Waals surface area contributed by atoms with E-state index in [9.17, 15) is 9.59 Å². The average molecular weight is 464 g/mol. The normalized spacial score (nSPS) is 12.1. The van der Waals surface area contributed by atoms with Gasteiger partial charge in [-0.25, -0.2) is 4.98 Å². The lowest BCUT2D eigenvalue weighted by Crippen LogP contribution is -2.26. The molecule has 0 saturated heterocycles. The first-order valence-electron chi connectivity index (χ1n) is 8.23. The number of fused-ring (bicyclic) bond motifs is 1. The molecule has 1 aromatic carbocycles. The van der Waals surface area contributed by atoms with Crippen molar-refractivity contribution in [2.24, 2.45) is 0 Å². The van der Waals surface area contributed by atoms with E-state index in [4.69, 9.17) is 0 Å². The standard InChI is InChI=1S/C19H18BrN3O2S2/c1-4-8-23-18(25)16-15(7-9-26-16)22-19(23)27-12(3)17(24)21-14-6-5-11(2)10-13(14)20/h4-7,9-10,12H,1,8H2,2-3H3,(H,21,24). The van der Waals surface area contributed by atoms with Gasteiger partial charge in [-0.05, 0) is 58.9 Å². The number of aromatic nitrogens is 2. The molecule has 3 aromatic rings. The van der Waals surface area contributed by atoms with Gasteiger partial charge in [0.25, 0.3) is 5.56 Å². The highest BCUT2D eigenvalue weighted by Gasteiger charge is 2.20. The molecule has 0 aliphatic carbocycles.